The van der Waals surface area contributed by atoms with Crippen LogP contribution >= 0.6 is 0 Å². The summed E-state index contributed by atoms with van der Waals surface area (Å²) in [6, 6.07) is 7.85. The predicted molar refractivity (Wildman–Crippen MR) is 73.4 cm³/mol. The number of likely N-dealkylation sites (N-methyl/N-ethyl adjacent to an activating group) is 1. The van der Waals surface area contributed by atoms with E-state index in [0.717, 1.165) is 18.2 Å². The van der Waals surface area contributed by atoms with Crippen LogP contribution in [0.4, 0.5) is 8.78 Å². The van der Waals surface area contributed by atoms with Gasteiger partial charge < -0.3 is 5.32 Å². The van der Waals surface area contributed by atoms with Gasteiger partial charge in [0.2, 0.25) is 0 Å². The van der Waals surface area contributed by atoms with Crippen LogP contribution in [-0.4, -0.2) is 30.6 Å². The maximum absolute atomic E-state index is 12.6. The number of hydrogen-bond donors (Lipinski definition) is 1. The Labute approximate surface area is 113 Å². The van der Waals surface area contributed by atoms with E-state index < -0.39 is 6.43 Å². The molecule has 2 rings (SSSR count). The SMILES string of the molecule is CC(CNCc1cccc(C(F)F)c1)N(C)C1CC1. The maximum Gasteiger partial charge on any atom is 0.263 e. The number of benzene rings is 1. The van der Waals surface area contributed by atoms with E-state index in [2.05, 4.69) is 24.2 Å². The highest BCUT2D eigenvalue weighted by Gasteiger charge is 2.28. The molecule has 0 amide bonds. The fraction of sp³-hybridized carbons (Fsp3) is 0.600. The van der Waals surface area contributed by atoms with Gasteiger partial charge in [-0.15, -0.1) is 0 Å². The minimum Gasteiger partial charge on any atom is -0.311 e. The van der Waals surface area contributed by atoms with Crippen LogP contribution in [0.15, 0.2) is 24.3 Å². The smallest absolute Gasteiger partial charge is 0.263 e. The molecule has 1 unspecified atom stereocenters. The standard InChI is InChI=1S/C15H22F2N2/c1-11(19(2)14-6-7-14)9-18-10-12-4-3-5-13(8-12)15(16)17/h3-5,8,11,14-15,18H,6-7,9-10H2,1-2H3. The third-order valence-electron chi connectivity index (χ3n) is 3.79. The Hall–Kier alpha value is -1.00. The maximum atomic E-state index is 12.6. The fourth-order valence-electron chi connectivity index (χ4n) is 2.25. The van der Waals surface area contributed by atoms with Crippen molar-refractivity contribution >= 4 is 0 Å². The minimum absolute atomic E-state index is 0.0995. The lowest BCUT2D eigenvalue weighted by molar-refractivity contribution is 0.151. The highest BCUT2D eigenvalue weighted by atomic mass is 19.3. The summed E-state index contributed by atoms with van der Waals surface area (Å²) in [6.45, 7) is 3.72. The van der Waals surface area contributed by atoms with Crippen LogP contribution in [0.25, 0.3) is 0 Å². The van der Waals surface area contributed by atoms with Crippen molar-refractivity contribution in [2.24, 2.45) is 0 Å². The van der Waals surface area contributed by atoms with Crippen molar-refractivity contribution in [2.75, 3.05) is 13.6 Å². The molecule has 19 heavy (non-hydrogen) atoms. The van der Waals surface area contributed by atoms with E-state index in [9.17, 15) is 8.78 Å². The molecule has 1 saturated carbocycles. The average Bonchev–Trinajstić information content (AvgIpc) is 3.22. The number of nitrogens with one attached hydrogen (secondary N) is 1. The van der Waals surface area contributed by atoms with E-state index >= 15 is 0 Å². The van der Waals surface area contributed by atoms with E-state index in [1.54, 1.807) is 12.1 Å². The van der Waals surface area contributed by atoms with Gasteiger partial charge in [-0.25, -0.2) is 8.78 Å². The van der Waals surface area contributed by atoms with Crippen LogP contribution in [0.2, 0.25) is 0 Å². The Morgan fingerprint density at radius 3 is 2.74 bits per heavy atom. The molecular formula is C15H22F2N2. The van der Waals surface area contributed by atoms with Gasteiger partial charge >= 0.3 is 0 Å². The van der Waals surface area contributed by atoms with Crippen molar-refractivity contribution in [2.45, 2.75) is 44.8 Å². The Bertz CT molecular complexity index is 405. The normalized spacial score (nSPS) is 17.2. The van der Waals surface area contributed by atoms with Gasteiger partial charge in [0.15, 0.2) is 0 Å². The molecule has 1 aliphatic carbocycles. The van der Waals surface area contributed by atoms with Gasteiger partial charge in [0.1, 0.15) is 0 Å². The summed E-state index contributed by atoms with van der Waals surface area (Å²) >= 11 is 0. The summed E-state index contributed by atoms with van der Waals surface area (Å²) in [5.74, 6) is 0. The van der Waals surface area contributed by atoms with E-state index in [1.807, 2.05) is 6.07 Å². The van der Waals surface area contributed by atoms with Gasteiger partial charge in [0.25, 0.3) is 6.43 Å². The van der Waals surface area contributed by atoms with Gasteiger partial charge in [0, 0.05) is 30.7 Å². The van der Waals surface area contributed by atoms with Crippen molar-refractivity contribution < 1.29 is 8.78 Å². The van der Waals surface area contributed by atoms with Crippen molar-refractivity contribution in [3.05, 3.63) is 35.4 Å². The molecule has 1 N–H and O–H groups in total. The van der Waals surface area contributed by atoms with Crippen LogP contribution in [0, 0.1) is 0 Å². The zero-order chi connectivity index (χ0) is 13.8. The molecule has 1 aromatic rings. The van der Waals surface area contributed by atoms with Crippen LogP contribution < -0.4 is 5.32 Å². The van der Waals surface area contributed by atoms with Crippen LogP contribution in [0.1, 0.15) is 37.3 Å². The first-order valence-electron chi connectivity index (χ1n) is 6.87. The third kappa shape index (κ3) is 4.25. The largest absolute Gasteiger partial charge is 0.311 e. The summed E-state index contributed by atoms with van der Waals surface area (Å²) in [5.41, 5.74) is 1.02. The zero-order valence-corrected chi connectivity index (χ0v) is 11.6. The first-order chi connectivity index (χ1) is 9.08. The van der Waals surface area contributed by atoms with Crippen molar-refractivity contribution in [1.82, 2.24) is 10.2 Å². The summed E-state index contributed by atoms with van der Waals surface area (Å²) in [6.07, 6.45) is 0.217. The molecule has 2 nitrogen and oxygen atoms in total. The minimum atomic E-state index is -2.39. The molecule has 1 atom stereocenters. The zero-order valence-electron chi connectivity index (χ0n) is 11.6. The Morgan fingerprint density at radius 1 is 1.37 bits per heavy atom. The fourth-order valence-corrected chi connectivity index (χ4v) is 2.25. The molecule has 0 radical (unpaired) electrons. The average molecular weight is 268 g/mol. The van der Waals surface area contributed by atoms with E-state index in [4.69, 9.17) is 0 Å². The molecule has 0 heterocycles. The summed E-state index contributed by atoms with van der Waals surface area (Å²) < 4.78 is 25.1. The number of nitrogens with zero attached hydrogens (tertiary/aromatic N) is 1. The molecule has 0 aliphatic heterocycles. The summed E-state index contributed by atoms with van der Waals surface area (Å²) in [7, 11) is 2.15. The lowest BCUT2D eigenvalue weighted by Crippen LogP contribution is -2.38. The highest BCUT2D eigenvalue weighted by molar-refractivity contribution is 5.24. The topological polar surface area (TPSA) is 15.3 Å². The molecule has 1 aliphatic rings. The quantitative estimate of drug-likeness (QED) is 0.817. The van der Waals surface area contributed by atoms with Crippen LogP contribution in [-0.2, 0) is 6.54 Å². The van der Waals surface area contributed by atoms with Gasteiger partial charge in [-0.3, -0.25) is 4.90 Å². The summed E-state index contributed by atoms with van der Waals surface area (Å²) in [5, 5.41) is 3.34. The molecule has 0 aromatic heterocycles. The van der Waals surface area contributed by atoms with Crippen molar-refractivity contribution in [3.8, 4) is 0 Å². The van der Waals surface area contributed by atoms with Crippen molar-refractivity contribution in [1.29, 1.82) is 0 Å². The van der Waals surface area contributed by atoms with Gasteiger partial charge in [0.05, 0.1) is 0 Å². The Kier molecular flexibility index (Phi) is 4.88. The van der Waals surface area contributed by atoms with Gasteiger partial charge in [-0.1, -0.05) is 18.2 Å². The summed E-state index contributed by atoms with van der Waals surface area (Å²) in [4.78, 5) is 2.39. The number of halogens is 2. The first-order valence-corrected chi connectivity index (χ1v) is 6.87. The third-order valence-corrected chi connectivity index (χ3v) is 3.79. The molecule has 0 spiro atoms. The number of rotatable bonds is 7. The van der Waals surface area contributed by atoms with Gasteiger partial charge in [-0.2, -0.15) is 0 Å². The Morgan fingerprint density at radius 2 is 2.11 bits per heavy atom. The molecule has 1 fully saturated rings. The van der Waals surface area contributed by atoms with Crippen molar-refractivity contribution in [3.63, 3.8) is 0 Å². The van der Waals surface area contributed by atoms with Crippen LogP contribution in [0.3, 0.4) is 0 Å². The van der Waals surface area contributed by atoms with E-state index in [-0.39, 0.29) is 5.56 Å². The lowest BCUT2D eigenvalue weighted by atomic mass is 10.1. The molecule has 4 heteroatoms. The van der Waals surface area contributed by atoms with Crippen LogP contribution in [0.5, 0.6) is 0 Å². The predicted octanol–water partition coefficient (Wildman–Crippen LogP) is 3.20. The van der Waals surface area contributed by atoms with E-state index in [0.29, 0.717) is 12.6 Å². The molecule has 0 bridgehead atoms. The highest BCUT2D eigenvalue weighted by Crippen LogP contribution is 2.26. The lowest BCUT2D eigenvalue weighted by Gasteiger charge is -2.24. The molecule has 1 aromatic carbocycles. The number of alkyl halides is 2. The monoisotopic (exact) mass is 268 g/mol. The molecule has 106 valence electrons. The number of hydrogen-bond acceptors (Lipinski definition) is 2. The van der Waals surface area contributed by atoms with E-state index in [1.165, 1.54) is 18.9 Å². The first kappa shape index (κ1) is 14.4. The second-order valence-corrected chi connectivity index (χ2v) is 5.42. The Balaban J connectivity index is 1.77. The molecule has 0 saturated heterocycles. The van der Waals surface area contributed by atoms with Gasteiger partial charge in [-0.05, 0) is 38.4 Å². The second-order valence-electron chi connectivity index (χ2n) is 5.42. The molecular weight excluding hydrogens is 246 g/mol. The second kappa shape index (κ2) is 6.44.